The van der Waals surface area contributed by atoms with E-state index in [2.05, 4.69) is 32.7 Å². The van der Waals surface area contributed by atoms with Gasteiger partial charge in [-0.15, -0.1) is 0 Å². The summed E-state index contributed by atoms with van der Waals surface area (Å²) in [5.74, 6) is 1.35. The highest BCUT2D eigenvalue weighted by atomic mass is 35.5. The Kier molecular flexibility index (Phi) is 5.02. The fourth-order valence-electron chi connectivity index (χ4n) is 2.75. The van der Waals surface area contributed by atoms with Crippen LogP contribution < -0.4 is 15.2 Å². The van der Waals surface area contributed by atoms with Gasteiger partial charge in [0.05, 0.1) is 5.02 Å². The highest BCUT2D eigenvalue weighted by molar-refractivity contribution is 6.32. The highest BCUT2D eigenvalue weighted by Gasteiger charge is 2.24. The summed E-state index contributed by atoms with van der Waals surface area (Å²) < 4.78 is 11.2. The Balaban J connectivity index is 2.28. The smallest absolute Gasteiger partial charge is 0.179 e. The van der Waals surface area contributed by atoms with Gasteiger partial charge in [-0.1, -0.05) is 32.4 Å². The maximum Gasteiger partial charge on any atom is 0.179 e. The average Bonchev–Trinajstić information content (AvgIpc) is 2.37. The van der Waals surface area contributed by atoms with Crippen LogP contribution in [0.25, 0.3) is 0 Å². The number of benzene rings is 1. The summed E-state index contributed by atoms with van der Waals surface area (Å²) in [6, 6.07) is 4.04. The van der Waals surface area contributed by atoms with Crippen molar-refractivity contribution in [2.75, 3.05) is 33.4 Å². The summed E-state index contributed by atoms with van der Waals surface area (Å²) in [6.07, 6.45) is 0. The van der Waals surface area contributed by atoms with Crippen LogP contribution in [-0.4, -0.2) is 38.3 Å². The van der Waals surface area contributed by atoms with Crippen molar-refractivity contribution in [3.8, 4) is 11.5 Å². The number of hydrogen-bond donors (Lipinski definition) is 1. The standard InChI is InChI=1S/C16H25ClN2O2/c1-16(2,3)10-19(4)13(9-18)11-7-12(17)15-14(8-11)20-5-6-21-15/h7-8,13H,5-6,9-10,18H2,1-4H3. The number of fused-ring (bicyclic) bond motifs is 1. The molecular weight excluding hydrogens is 288 g/mol. The van der Waals surface area contributed by atoms with Gasteiger partial charge in [-0.05, 0) is 30.2 Å². The Bertz CT molecular complexity index is 500. The quantitative estimate of drug-likeness (QED) is 0.928. The molecular formula is C16H25ClN2O2. The van der Waals surface area contributed by atoms with Crippen LogP contribution in [0.5, 0.6) is 11.5 Å². The number of nitrogens with two attached hydrogens (primary N) is 1. The number of halogens is 1. The zero-order valence-electron chi connectivity index (χ0n) is 13.3. The van der Waals surface area contributed by atoms with E-state index in [0.717, 1.165) is 12.1 Å². The van der Waals surface area contributed by atoms with E-state index < -0.39 is 0 Å². The first-order valence-corrected chi connectivity index (χ1v) is 7.69. The first kappa shape index (κ1) is 16.4. The summed E-state index contributed by atoms with van der Waals surface area (Å²) in [5, 5.41) is 0.588. The molecule has 0 radical (unpaired) electrons. The van der Waals surface area contributed by atoms with Gasteiger partial charge in [0.25, 0.3) is 0 Å². The molecule has 0 bridgehead atoms. The molecule has 21 heavy (non-hydrogen) atoms. The molecule has 0 spiro atoms. The molecule has 1 aliphatic heterocycles. The van der Waals surface area contributed by atoms with Crippen molar-refractivity contribution in [1.82, 2.24) is 4.90 Å². The molecule has 1 aliphatic rings. The van der Waals surface area contributed by atoms with Gasteiger partial charge in [-0.25, -0.2) is 0 Å². The fraction of sp³-hybridized carbons (Fsp3) is 0.625. The van der Waals surface area contributed by atoms with E-state index in [4.69, 9.17) is 26.8 Å². The summed E-state index contributed by atoms with van der Waals surface area (Å²) in [7, 11) is 2.09. The van der Waals surface area contributed by atoms with Crippen molar-refractivity contribution in [2.24, 2.45) is 11.1 Å². The second-order valence-corrected chi connectivity index (χ2v) is 7.16. The minimum Gasteiger partial charge on any atom is -0.486 e. The third-order valence-corrected chi connectivity index (χ3v) is 3.76. The summed E-state index contributed by atoms with van der Waals surface area (Å²) in [5.41, 5.74) is 7.27. The molecule has 1 aromatic carbocycles. The van der Waals surface area contributed by atoms with Crippen LogP contribution in [0, 0.1) is 5.41 Å². The summed E-state index contributed by atoms with van der Waals surface area (Å²) in [4.78, 5) is 2.27. The molecule has 118 valence electrons. The van der Waals surface area contributed by atoms with Gasteiger partial charge in [0.15, 0.2) is 11.5 Å². The van der Waals surface area contributed by atoms with E-state index in [9.17, 15) is 0 Å². The van der Waals surface area contributed by atoms with Crippen LogP contribution >= 0.6 is 11.6 Å². The minimum atomic E-state index is 0.109. The van der Waals surface area contributed by atoms with Gasteiger partial charge < -0.3 is 15.2 Å². The lowest BCUT2D eigenvalue weighted by atomic mass is 9.94. The Labute approximate surface area is 132 Å². The molecule has 4 nitrogen and oxygen atoms in total. The van der Waals surface area contributed by atoms with Crippen LogP contribution in [0.4, 0.5) is 0 Å². The van der Waals surface area contributed by atoms with Crippen molar-refractivity contribution in [1.29, 1.82) is 0 Å². The van der Waals surface area contributed by atoms with Gasteiger partial charge in [-0.3, -0.25) is 4.90 Å². The van der Waals surface area contributed by atoms with E-state index in [-0.39, 0.29) is 11.5 Å². The molecule has 0 saturated heterocycles. The Hall–Kier alpha value is -0.970. The molecule has 2 N–H and O–H groups in total. The molecule has 1 heterocycles. The Morgan fingerprint density at radius 2 is 1.95 bits per heavy atom. The van der Waals surface area contributed by atoms with Crippen LogP contribution in [0.15, 0.2) is 12.1 Å². The van der Waals surface area contributed by atoms with E-state index >= 15 is 0 Å². The molecule has 0 aliphatic carbocycles. The molecule has 0 fully saturated rings. The van der Waals surface area contributed by atoms with Gasteiger partial charge in [0.1, 0.15) is 13.2 Å². The lowest BCUT2D eigenvalue weighted by Gasteiger charge is -2.33. The Morgan fingerprint density at radius 3 is 2.57 bits per heavy atom. The number of nitrogens with zero attached hydrogens (tertiary/aromatic N) is 1. The molecule has 2 rings (SSSR count). The van der Waals surface area contributed by atoms with Crippen molar-refractivity contribution >= 4 is 11.6 Å². The third-order valence-electron chi connectivity index (χ3n) is 3.48. The topological polar surface area (TPSA) is 47.7 Å². The lowest BCUT2D eigenvalue weighted by molar-refractivity contribution is 0.166. The first-order valence-electron chi connectivity index (χ1n) is 7.31. The predicted molar refractivity (Wildman–Crippen MR) is 86.3 cm³/mol. The Morgan fingerprint density at radius 1 is 1.29 bits per heavy atom. The van der Waals surface area contributed by atoms with Crippen molar-refractivity contribution in [2.45, 2.75) is 26.8 Å². The third kappa shape index (κ3) is 4.02. The first-order chi connectivity index (χ1) is 9.81. The highest BCUT2D eigenvalue weighted by Crippen LogP contribution is 2.40. The monoisotopic (exact) mass is 312 g/mol. The molecule has 5 heteroatoms. The van der Waals surface area contributed by atoms with E-state index in [1.54, 1.807) is 0 Å². The maximum absolute atomic E-state index is 6.32. The normalized spacial score (nSPS) is 16.1. The van der Waals surface area contributed by atoms with Gasteiger partial charge in [-0.2, -0.15) is 0 Å². The largest absolute Gasteiger partial charge is 0.486 e. The van der Waals surface area contributed by atoms with E-state index in [1.165, 1.54) is 0 Å². The van der Waals surface area contributed by atoms with Crippen molar-refractivity contribution in [3.63, 3.8) is 0 Å². The summed E-state index contributed by atoms with van der Waals surface area (Å²) in [6.45, 7) is 9.22. The van der Waals surface area contributed by atoms with Crippen molar-refractivity contribution < 1.29 is 9.47 Å². The zero-order chi connectivity index (χ0) is 15.6. The van der Waals surface area contributed by atoms with Crippen LogP contribution in [0.3, 0.4) is 0 Å². The zero-order valence-corrected chi connectivity index (χ0v) is 14.0. The van der Waals surface area contributed by atoms with E-state index in [0.29, 0.717) is 36.3 Å². The SMILES string of the molecule is CN(CC(C)(C)C)C(CN)c1cc(Cl)c2c(c1)OCCO2. The van der Waals surface area contributed by atoms with Gasteiger partial charge in [0, 0.05) is 19.1 Å². The molecule has 1 atom stereocenters. The van der Waals surface area contributed by atoms with Crippen LogP contribution in [0.2, 0.25) is 5.02 Å². The molecule has 0 aromatic heterocycles. The molecule has 1 aromatic rings. The number of ether oxygens (including phenoxy) is 2. The van der Waals surface area contributed by atoms with Crippen LogP contribution in [-0.2, 0) is 0 Å². The van der Waals surface area contributed by atoms with Gasteiger partial charge >= 0.3 is 0 Å². The maximum atomic E-state index is 6.32. The molecule has 1 unspecified atom stereocenters. The molecule has 0 amide bonds. The lowest BCUT2D eigenvalue weighted by Crippen LogP contribution is -2.36. The second kappa shape index (κ2) is 6.42. The van der Waals surface area contributed by atoms with Crippen molar-refractivity contribution in [3.05, 3.63) is 22.7 Å². The minimum absolute atomic E-state index is 0.109. The number of rotatable bonds is 4. The molecule has 0 saturated carbocycles. The number of hydrogen-bond acceptors (Lipinski definition) is 4. The fourth-order valence-corrected chi connectivity index (χ4v) is 3.03. The van der Waals surface area contributed by atoms with Crippen LogP contribution in [0.1, 0.15) is 32.4 Å². The number of likely N-dealkylation sites (N-methyl/N-ethyl adjacent to an activating group) is 1. The second-order valence-electron chi connectivity index (χ2n) is 6.75. The van der Waals surface area contributed by atoms with E-state index in [1.807, 2.05) is 12.1 Å². The van der Waals surface area contributed by atoms with Gasteiger partial charge in [0.2, 0.25) is 0 Å². The average molecular weight is 313 g/mol. The summed E-state index contributed by atoms with van der Waals surface area (Å²) >= 11 is 6.32. The predicted octanol–water partition coefficient (Wildman–Crippen LogP) is 3.09.